The lowest BCUT2D eigenvalue weighted by Gasteiger charge is -2.50. The normalized spacial score (nSPS) is 34.9. The molecule has 19 heavy (non-hydrogen) atoms. The molecule has 2 atom stereocenters. The summed E-state index contributed by atoms with van der Waals surface area (Å²) in [5.41, 5.74) is 6.49. The van der Waals surface area contributed by atoms with Crippen molar-refractivity contribution in [1.29, 1.82) is 0 Å². The summed E-state index contributed by atoms with van der Waals surface area (Å²) in [7, 11) is 4.57. The summed E-state index contributed by atoms with van der Waals surface area (Å²) in [4.78, 5) is 5.09. The highest BCUT2D eigenvalue weighted by Gasteiger charge is 2.41. The first-order valence-corrected chi connectivity index (χ1v) is 8.18. The first-order valence-electron chi connectivity index (χ1n) is 8.18. The van der Waals surface area contributed by atoms with E-state index in [-0.39, 0.29) is 5.54 Å². The summed E-state index contributed by atoms with van der Waals surface area (Å²) < 4.78 is 0. The molecule has 1 aliphatic carbocycles. The Hall–Kier alpha value is -0.120. The van der Waals surface area contributed by atoms with Gasteiger partial charge in [0.15, 0.2) is 0 Å². The molecular weight excluding hydrogens is 234 g/mol. The third-order valence-corrected chi connectivity index (χ3v) is 5.90. The monoisotopic (exact) mass is 267 g/mol. The highest BCUT2D eigenvalue weighted by atomic mass is 15.2. The summed E-state index contributed by atoms with van der Waals surface area (Å²) in [6, 6.07) is 0. The van der Waals surface area contributed by atoms with Crippen LogP contribution in [-0.2, 0) is 0 Å². The molecule has 1 heterocycles. The van der Waals surface area contributed by atoms with E-state index < -0.39 is 0 Å². The van der Waals surface area contributed by atoms with Gasteiger partial charge in [-0.25, -0.2) is 0 Å². The van der Waals surface area contributed by atoms with E-state index in [2.05, 4.69) is 30.8 Å². The molecule has 0 aromatic rings. The van der Waals surface area contributed by atoms with Crippen molar-refractivity contribution in [3.8, 4) is 0 Å². The highest BCUT2D eigenvalue weighted by molar-refractivity contribution is 4.97. The second kappa shape index (κ2) is 6.55. The van der Waals surface area contributed by atoms with Crippen LogP contribution in [0.25, 0.3) is 0 Å². The van der Waals surface area contributed by atoms with Crippen molar-refractivity contribution in [3.63, 3.8) is 0 Å². The highest BCUT2D eigenvalue weighted by Crippen LogP contribution is 2.37. The van der Waals surface area contributed by atoms with Gasteiger partial charge in [0.05, 0.1) is 0 Å². The molecule has 0 amide bonds. The molecule has 1 saturated heterocycles. The fraction of sp³-hybridized carbons (Fsp3) is 1.00. The van der Waals surface area contributed by atoms with Crippen molar-refractivity contribution >= 4 is 0 Å². The Labute approximate surface area is 119 Å². The van der Waals surface area contributed by atoms with Gasteiger partial charge in [-0.05, 0) is 64.7 Å². The van der Waals surface area contributed by atoms with E-state index in [1.54, 1.807) is 0 Å². The van der Waals surface area contributed by atoms with Crippen LogP contribution in [0.4, 0.5) is 0 Å². The second-order valence-electron chi connectivity index (χ2n) is 7.08. The maximum absolute atomic E-state index is 6.21. The van der Waals surface area contributed by atoms with Gasteiger partial charge in [0, 0.05) is 18.6 Å². The van der Waals surface area contributed by atoms with Crippen molar-refractivity contribution in [1.82, 2.24) is 9.80 Å². The van der Waals surface area contributed by atoms with Gasteiger partial charge in [0.1, 0.15) is 0 Å². The molecule has 0 aromatic heterocycles. The van der Waals surface area contributed by atoms with Crippen molar-refractivity contribution < 1.29 is 0 Å². The van der Waals surface area contributed by atoms with E-state index in [9.17, 15) is 0 Å². The molecule has 1 aliphatic heterocycles. The number of rotatable bonds is 4. The Morgan fingerprint density at radius 2 is 1.89 bits per heavy atom. The topological polar surface area (TPSA) is 32.5 Å². The molecule has 2 aliphatic rings. The number of piperidine rings is 1. The fourth-order valence-corrected chi connectivity index (χ4v) is 4.24. The maximum Gasteiger partial charge on any atom is 0.0354 e. The summed E-state index contributed by atoms with van der Waals surface area (Å²) in [6.07, 6.45) is 8.12. The lowest BCUT2D eigenvalue weighted by molar-refractivity contribution is 0.0155. The zero-order valence-electron chi connectivity index (χ0n) is 13.2. The van der Waals surface area contributed by atoms with Gasteiger partial charge in [-0.1, -0.05) is 19.8 Å². The van der Waals surface area contributed by atoms with Crippen molar-refractivity contribution in [2.24, 2.45) is 17.6 Å². The third-order valence-electron chi connectivity index (χ3n) is 5.90. The van der Waals surface area contributed by atoms with Crippen LogP contribution in [0.2, 0.25) is 0 Å². The minimum Gasteiger partial charge on any atom is -0.329 e. The summed E-state index contributed by atoms with van der Waals surface area (Å²) >= 11 is 0. The van der Waals surface area contributed by atoms with Crippen molar-refractivity contribution in [2.75, 3.05) is 40.3 Å². The Balaban J connectivity index is 1.94. The molecule has 0 spiro atoms. The minimum atomic E-state index is 0.279. The number of likely N-dealkylation sites (tertiary alicyclic amines) is 1. The van der Waals surface area contributed by atoms with E-state index in [1.807, 2.05) is 0 Å². The number of hydrogen-bond acceptors (Lipinski definition) is 3. The average molecular weight is 267 g/mol. The Morgan fingerprint density at radius 1 is 1.21 bits per heavy atom. The van der Waals surface area contributed by atoms with Crippen LogP contribution in [0.3, 0.4) is 0 Å². The van der Waals surface area contributed by atoms with Crippen molar-refractivity contribution in [3.05, 3.63) is 0 Å². The molecular formula is C16H33N3. The molecule has 112 valence electrons. The SMILES string of the molecule is CC1CCCCC1(CN)N(C)CC1CCN(C)CC1. The number of nitrogens with two attached hydrogens (primary N) is 1. The lowest BCUT2D eigenvalue weighted by Crippen LogP contribution is -2.59. The molecule has 2 unspecified atom stereocenters. The maximum atomic E-state index is 6.21. The summed E-state index contributed by atoms with van der Waals surface area (Å²) in [5.74, 6) is 1.63. The standard InChI is InChI=1S/C16H33N3/c1-14-6-4-5-9-16(14,13-17)19(3)12-15-7-10-18(2)11-8-15/h14-15H,4-13,17H2,1-3H3. The van der Waals surface area contributed by atoms with E-state index in [0.29, 0.717) is 0 Å². The number of likely N-dealkylation sites (N-methyl/N-ethyl adjacent to an activating group) is 1. The largest absolute Gasteiger partial charge is 0.329 e. The predicted octanol–water partition coefficient (Wildman–Crippen LogP) is 2.17. The number of hydrogen-bond donors (Lipinski definition) is 1. The van der Waals surface area contributed by atoms with E-state index >= 15 is 0 Å². The van der Waals surface area contributed by atoms with Crippen molar-refractivity contribution in [2.45, 2.75) is 51.0 Å². The van der Waals surface area contributed by atoms with Crippen LogP contribution in [-0.4, -0.2) is 55.6 Å². The van der Waals surface area contributed by atoms with Crippen LogP contribution >= 0.6 is 0 Å². The van der Waals surface area contributed by atoms with Crippen LogP contribution in [0.5, 0.6) is 0 Å². The first kappa shape index (κ1) is 15.3. The fourth-order valence-electron chi connectivity index (χ4n) is 4.24. The molecule has 3 nitrogen and oxygen atoms in total. The zero-order chi connectivity index (χ0) is 13.9. The van der Waals surface area contributed by atoms with Crippen LogP contribution in [0, 0.1) is 11.8 Å². The first-order chi connectivity index (χ1) is 9.08. The van der Waals surface area contributed by atoms with Crippen LogP contribution < -0.4 is 5.73 Å². The molecule has 3 heteroatoms. The lowest BCUT2D eigenvalue weighted by atomic mass is 9.72. The molecule has 2 fully saturated rings. The van der Waals surface area contributed by atoms with E-state index in [4.69, 9.17) is 5.73 Å². The van der Waals surface area contributed by atoms with Gasteiger partial charge >= 0.3 is 0 Å². The van der Waals surface area contributed by atoms with Gasteiger partial charge < -0.3 is 10.6 Å². The Morgan fingerprint density at radius 3 is 2.47 bits per heavy atom. The van der Waals surface area contributed by atoms with E-state index in [0.717, 1.165) is 18.4 Å². The molecule has 2 rings (SSSR count). The zero-order valence-corrected chi connectivity index (χ0v) is 13.2. The Kier molecular flexibility index (Phi) is 5.27. The summed E-state index contributed by atoms with van der Waals surface area (Å²) in [6.45, 7) is 7.03. The van der Waals surface area contributed by atoms with Crippen LogP contribution in [0.15, 0.2) is 0 Å². The Bertz CT molecular complexity index is 273. The van der Waals surface area contributed by atoms with Gasteiger partial charge in [-0.15, -0.1) is 0 Å². The second-order valence-corrected chi connectivity index (χ2v) is 7.08. The van der Waals surface area contributed by atoms with E-state index in [1.165, 1.54) is 58.2 Å². The molecule has 1 saturated carbocycles. The molecule has 0 radical (unpaired) electrons. The van der Waals surface area contributed by atoms with Gasteiger partial charge in [-0.2, -0.15) is 0 Å². The number of nitrogens with zero attached hydrogens (tertiary/aromatic N) is 2. The summed E-state index contributed by atoms with van der Waals surface area (Å²) in [5, 5.41) is 0. The van der Waals surface area contributed by atoms with Gasteiger partial charge in [0.2, 0.25) is 0 Å². The quantitative estimate of drug-likeness (QED) is 0.847. The predicted molar refractivity (Wildman–Crippen MR) is 82.3 cm³/mol. The van der Waals surface area contributed by atoms with Gasteiger partial charge in [-0.3, -0.25) is 4.90 Å². The average Bonchev–Trinajstić information content (AvgIpc) is 2.42. The van der Waals surface area contributed by atoms with Gasteiger partial charge in [0.25, 0.3) is 0 Å². The minimum absolute atomic E-state index is 0.279. The molecule has 2 N–H and O–H groups in total. The smallest absolute Gasteiger partial charge is 0.0354 e. The molecule has 0 aromatic carbocycles. The van der Waals surface area contributed by atoms with Crippen LogP contribution in [0.1, 0.15) is 45.4 Å². The third kappa shape index (κ3) is 3.32. The molecule has 0 bridgehead atoms.